The highest BCUT2D eigenvalue weighted by Gasteiger charge is 2.57. The van der Waals surface area contributed by atoms with Crippen LogP contribution in [0, 0.1) is 18.6 Å². The van der Waals surface area contributed by atoms with Gasteiger partial charge in [-0.1, -0.05) is 17.4 Å². The topological polar surface area (TPSA) is 132 Å². The van der Waals surface area contributed by atoms with Gasteiger partial charge in [0.25, 0.3) is 11.8 Å². The third kappa shape index (κ3) is 3.93. The zero-order chi connectivity index (χ0) is 25.0. The molecule has 6 N–H and O–H groups in total. The number of nitrogen functional groups attached to an aromatic ring is 1. The molecule has 3 unspecified atom stereocenters. The molecule has 8 nitrogen and oxygen atoms in total. The predicted octanol–water partition coefficient (Wildman–Crippen LogP) is 4.16. The monoisotopic (exact) mass is 498 g/mol. The molecule has 0 saturated carbocycles. The van der Waals surface area contributed by atoms with Crippen LogP contribution in [0.1, 0.15) is 48.2 Å². The zero-order valence-electron chi connectivity index (χ0n) is 18.4. The van der Waals surface area contributed by atoms with Gasteiger partial charge in [-0.25, -0.2) is 22.5 Å². The fourth-order valence-corrected chi connectivity index (χ4v) is 4.55. The molecular formula is C21H22F4N6O2S. The zero-order valence-corrected chi connectivity index (χ0v) is 19.2. The number of hydrogen-bond acceptors (Lipinski definition) is 7. The Morgan fingerprint density at radius 2 is 1.97 bits per heavy atom. The summed E-state index contributed by atoms with van der Waals surface area (Å²) < 4.78 is 63.4. The summed E-state index contributed by atoms with van der Waals surface area (Å²) >= 11 is 0.738. The Hall–Kier alpha value is -3.03. The summed E-state index contributed by atoms with van der Waals surface area (Å²) in [5, 5.41) is 9.00. The van der Waals surface area contributed by atoms with Crippen LogP contribution in [0.5, 0.6) is 0 Å². The van der Waals surface area contributed by atoms with Crippen molar-refractivity contribution in [1.82, 2.24) is 15.2 Å². The van der Waals surface area contributed by atoms with Gasteiger partial charge < -0.3 is 21.5 Å². The lowest BCUT2D eigenvalue weighted by Crippen LogP contribution is -2.64. The van der Waals surface area contributed by atoms with Gasteiger partial charge in [-0.2, -0.15) is 5.10 Å². The van der Waals surface area contributed by atoms with E-state index in [1.165, 1.54) is 19.9 Å². The molecule has 0 bridgehead atoms. The first-order chi connectivity index (χ1) is 15.8. The van der Waals surface area contributed by atoms with Crippen molar-refractivity contribution in [3.63, 3.8) is 0 Å². The van der Waals surface area contributed by atoms with Crippen molar-refractivity contribution >= 4 is 27.9 Å². The van der Waals surface area contributed by atoms with Crippen molar-refractivity contribution in [2.75, 3.05) is 11.1 Å². The Kier molecular flexibility index (Phi) is 5.90. The standard InChI is InChI=1S/C21H22F4N6O2S/c1-8-14(15(31-30-8)12-7-21(24,25)20(3,27)9(2)33-12)28-18(32)16-17(26)34-19(29-16)13-10(22)5-4-6-11(13)23/h4-6,9,12H,7,26-27H2,1-3H3,(H,28,32)(H,30,31). The van der Waals surface area contributed by atoms with E-state index in [1.54, 1.807) is 6.92 Å². The van der Waals surface area contributed by atoms with Gasteiger partial charge in [0.05, 0.1) is 28.7 Å². The number of H-pyrrole nitrogens is 1. The molecule has 0 radical (unpaired) electrons. The average molecular weight is 499 g/mol. The number of halogens is 4. The first-order valence-electron chi connectivity index (χ1n) is 10.2. The minimum atomic E-state index is -3.26. The van der Waals surface area contributed by atoms with E-state index in [1.807, 2.05) is 0 Å². The van der Waals surface area contributed by atoms with Crippen molar-refractivity contribution < 1.29 is 27.1 Å². The number of nitrogens with zero attached hydrogens (tertiary/aromatic N) is 2. The number of aromatic amines is 1. The van der Waals surface area contributed by atoms with Crippen LogP contribution >= 0.6 is 11.3 Å². The minimum absolute atomic E-state index is 0.0779. The summed E-state index contributed by atoms with van der Waals surface area (Å²) in [4.78, 5) is 17.0. The summed E-state index contributed by atoms with van der Waals surface area (Å²) in [6.07, 6.45) is -2.86. The lowest BCUT2D eigenvalue weighted by Gasteiger charge is -2.45. The highest BCUT2D eigenvalue weighted by atomic mass is 32.1. The predicted molar refractivity (Wildman–Crippen MR) is 119 cm³/mol. The maximum Gasteiger partial charge on any atom is 0.277 e. The van der Waals surface area contributed by atoms with E-state index in [-0.39, 0.29) is 27.1 Å². The number of amides is 1. The van der Waals surface area contributed by atoms with Crippen LogP contribution in [0.4, 0.5) is 28.3 Å². The van der Waals surface area contributed by atoms with E-state index in [0.29, 0.717) is 5.69 Å². The molecule has 4 rings (SSSR count). The molecule has 1 saturated heterocycles. The summed E-state index contributed by atoms with van der Waals surface area (Å²) in [7, 11) is 0. The van der Waals surface area contributed by atoms with E-state index < -0.39 is 53.2 Å². The number of hydrogen-bond donors (Lipinski definition) is 4. The highest BCUT2D eigenvalue weighted by molar-refractivity contribution is 7.19. The number of thiazole rings is 1. The van der Waals surface area contributed by atoms with Gasteiger partial charge >= 0.3 is 0 Å². The Morgan fingerprint density at radius 3 is 2.59 bits per heavy atom. The molecule has 0 spiro atoms. The number of rotatable bonds is 4. The quantitative estimate of drug-likeness (QED) is 0.400. The third-order valence-corrected chi connectivity index (χ3v) is 6.93. The number of nitrogens with one attached hydrogen (secondary N) is 2. The second-order valence-corrected chi connectivity index (χ2v) is 9.37. The fraction of sp³-hybridized carbons (Fsp3) is 0.381. The normalized spacial score (nSPS) is 24.2. The summed E-state index contributed by atoms with van der Waals surface area (Å²) in [6.45, 7) is 4.22. The number of anilines is 2. The third-order valence-electron chi connectivity index (χ3n) is 6.02. The second kappa shape index (κ2) is 8.32. The molecule has 0 aliphatic carbocycles. The van der Waals surface area contributed by atoms with Crippen LogP contribution < -0.4 is 16.8 Å². The van der Waals surface area contributed by atoms with Crippen molar-refractivity contribution in [2.45, 2.75) is 50.9 Å². The largest absolute Gasteiger partial charge is 0.389 e. The molecule has 13 heteroatoms. The Morgan fingerprint density at radius 1 is 1.32 bits per heavy atom. The lowest BCUT2D eigenvalue weighted by atomic mass is 9.82. The van der Waals surface area contributed by atoms with Crippen LogP contribution in [-0.4, -0.2) is 38.7 Å². The van der Waals surface area contributed by atoms with E-state index in [4.69, 9.17) is 16.2 Å². The molecule has 3 atom stereocenters. The van der Waals surface area contributed by atoms with Crippen molar-refractivity contribution in [1.29, 1.82) is 0 Å². The van der Waals surface area contributed by atoms with Crippen LogP contribution in [0.15, 0.2) is 18.2 Å². The van der Waals surface area contributed by atoms with Crippen LogP contribution in [0.3, 0.4) is 0 Å². The molecule has 1 fully saturated rings. The van der Waals surface area contributed by atoms with Gasteiger partial charge in [-0.15, -0.1) is 0 Å². The molecule has 1 aromatic carbocycles. The van der Waals surface area contributed by atoms with Crippen molar-refractivity contribution in [2.24, 2.45) is 5.73 Å². The molecule has 34 heavy (non-hydrogen) atoms. The molecule has 1 aliphatic rings. The Labute approximate surface area is 195 Å². The fourth-order valence-electron chi connectivity index (χ4n) is 3.67. The van der Waals surface area contributed by atoms with Gasteiger partial charge in [-0.05, 0) is 32.9 Å². The second-order valence-electron chi connectivity index (χ2n) is 8.34. The van der Waals surface area contributed by atoms with Gasteiger partial charge in [0.15, 0.2) is 5.69 Å². The smallest absolute Gasteiger partial charge is 0.277 e. The van der Waals surface area contributed by atoms with E-state index >= 15 is 0 Å². The number of benzene rings is 1. The molecule has 3 heterocycles. The first-order valence-corrected chi connectivity index (χ1v) is 11.0. The summed E-state index contributed by atoms with van der Waals surface area (Å²) in [5.74, 6) is -5.77. The van der Waals surface area contributed by atoms with Crippen LogP contribution in [0.2, 0.25) is 0 Å². The summed E-state index contributed by atoms with van der Waals surface area (Å²) in [5.41, 5.74) is 9.67. The maximum atomic E-state index is 14.7. The first kappa shape index (κ1) is 24.1. The van der Waals surface area contributed by atoms with E-state index in [2.05, 4.69) is 20.5 Å². The molecular weight excluding hydrogens is 476 g/mol. The lowest BCUT2D eigenvalue weighted by molar-refractivity contribution is -0.211. The number of nitrogens with two attached hydrogens (primary N) is 2. The highest BCUT2D eigenvalue weighted by Crippen LogP contribution is 2.46. The SMILES string of the molecule is Cc1n[nH]c(C2CC(F)(F)C(C)(N)C(C)O2)c1NC(=O)c1nc(-c2c(F)cccc2F)sc1N. The molecule has 3 aromatic rings. The Bertz CT molecular complexity index is 1240. The van der Waals surface area contributed by atoms with Crippen LogP contribution in [0.25, 0.3) is 10.6 Å². The van der Waals surface area contributed by atoms with Crippen molar-refractivity contribution in [3.05, 3.63) is 46.9 Å². The molecule has 182 valence electrons. The van der Waals surface area contributed by atoms with Gasteiger partial charge in [-0.3, -0.25) is 9.89 Å². The number of aromatic nitrogens is 3. The molecule has 2 aromatic heterocycles. The molecule has 1 amide bonds. The molecule has 1 aliphatic heterocycles. The van der Waals surface area contributed by atoms with Gasteiger partial charge in [0.2, 0.25) is 0 Å². The Balaban J connectivity index is 1.63. The van der Waals surface area contributed by atoms with E-state index in [0.717, 1.165) is 23.5 Å². The van der Waals surface area contributed by atoms with Crippen molar-refractivity contribution in [3.8, 4) is 10.6 Å². The van der Waals surface area contributed by atoms with Crippen LogP contribution in [-0.2, 0) is 4.74 Å². The average Bonchev–Trinajstić information content (AvgIpc) is 3.29. The minimum Gasteiger partial charge on any atom is -0.389 e. The summed E-state index contributed by atoms with van der Waals surface area (Å²) in [6, 6.07) is 3.32. The number of ether oxygens (including phenoxy) is 1. The number of aryl methyl sites for hydroxylation is 1. The maximum absolute atomic E-state index is 14.7. The number of carbonyl (C=O) groups is 1. The van der Waals surface area contributed by atoms with Gasteiger partial charge in [0.1, 0.15) is 33.3 Å². The number of carbonyl (C=O) groups excluding carboxylic acids is 1. The van der Waals surface area contributed by atoms with Gasteiger partial charge in [0, 0.05) is 6.42 Å². The number of alkyl halides is 2. The van der Waals surface area contributed by atoms with E-state index in [9.17, 15) is 22.4 Å².